The Balaban J connectivity index is 1.22. The van der Waals surface area contributed by atoms with Gasteiger partial charge in [-0.2, -0.15) is 0 Å². The summed E-state index contributed by atoms with van der Waals surface area (Å²) in [6.07, 6.45) is -0.156. The first kappa shape index (κ1) is 30.6. The summed E-state index contributed by atoms with van der Waals surface area (Å²) in [6.45, 7) is 9.65. The first-order valence-electron chi connectivity index (χ1n) is 14.6. The first-order valence-corrected chi connectivity index (χ1v) is 15.5. The van der Waals surface area contributed by atoms with E-state index < -0.39 is 18.2 Å². The average molecular weight is 600 g/mol. The van der Waals surface area contributed by atoms with Crippen LogP contribution in [0.15, 0.2) is 29.6 Å². The number of nitrogens with zero attached hydrogens (tertiary/aromatic N) is 4. The lowest BCUT2D eigenvalue weighted by Gasteiger charge is -2.34. The quantitative estimate of drug-likeness (QED) is 0.414. The number of ether oxygens (including phenoxy) is 3. The third-order valence-corrected chi connectivity index (χ3v) is 9.58. The summed E-state index contributed by atoms with van der Waals surface area (Å²) < 4.78 is 16.3. The highest BCUT2D eigenvalue weighted by Gasteiger charge is 2.53. The van der Waals surface area contributed by atoms with Gasteiger partial charge in [-0.05, 0) is 18.1 Å². The van der Waals surface area contributed by atoms with Crippen molar-refractivity contribution in [1.82, 2.24) is 20.1 Å². The summed E-state index contributed by atoms with van der Waals surface area (Å²) in [5.41, 5.74) is 2.25. The second-order valence-corrected chi connectivity index (χ2v) is 12.0. The van der Waals surface area contributed by atoms with Gasteiger partial charge in [-0.15, -0.1) is 11.3 Å². The molecule has 0 bridgehead atoms. The van der Waals surface area contributed by atoms with E-state index in [0.29, 0.717) is 12.0 Å². The number of carbonyl (C=O) groups is 3. The number of anilines is 1. The lowest BCUT2D eigenvalue weighted by molar-refractivity contribution is -0.139. The van der Waals surface area contributed by atoms with Crippen LogP contribution in [0.1, 0.15) is 30.6 Å². The highest BCUT2D eigenvalue weighted by Crippen LogP contribution is 2.31. The highest BCUT2D eigenvalue weighted by atomic mass is 32.1. The Labute approximate surface area is 251 Å². The summed E-state index contributed by atoms with van der Waals surface area (Å²) in [5, 5.41) is 6.00. The number of carbonyl (C=O) groups excluding carboxylic acids is 3. The Hall–Kier alpha value is -2.90. The van der Waals surface area contributed by atoms with Gasteiger partial charge in [0.15, 0.2) is 10.9 Å². The number of aromatic nitrogens is 1. The largest absolute Gasteiger partial charge is 0.383 e. The lowest BCUT2D eigenvalue weighted by atomic mass is 9.96. The number of amides is 2. The van der Waals surface area contributed by atoms with Crippen molar-refractivity contribution in [3.8, 4) is 11.3 Å². The number of nitrogens with one attached hydrogen (secondary N) is 1. The number of hydrogen-bond donors (Lipinski definition) is 1. The fourth-order valence-electron chi connectivity index (χ4n) is 5.85. The number of likely N-dealkylation sites (tertiary alicyclic amines) is 1. The van der Waals surface area contributed by atoms with Gasteiger partial charge in [0, 0.05) is 63.5 Å². The molecular weight excluding hydrogens is 558 g/mol. The summed E-state index contributed by atoms with van der Waals surface area (Å²) >= 11 is 1.63. The number of piperazine rings is 1. The standard InChI is InChI=1S/C30H41N5O6S/c1-5-19(2)25(29(38)35-16-24(40-4)27-26(35)23(36)17-41-27)32-28(37)21-8-6-20(7-9-21)22-18-42-30(31-22)34-12-10-33(11-13-34)14-15-39-3/h6-9,18-19,24-27H,5,10-17H2,1-4H3,(H,32,37)/t19-,24+,25-,26+,27+/m0/s1. The molecule has 1 N–H and O–H groups in total. The molecule has 0 spiro atoms. The fourth-order valence-corrected chi connectivity index (χ4v) is 6.74. The number of thiazole rings is 1. The SMILES string of the molecule is CC[C@H](C)[C@H](NC(=O)c1ccc(-c2csc(N3CCN(CCOC)CC3)n2)cc1)C(=O)N1C[C@@H](OC)[C@H]2OCC(=O)[C@H]21. The number of benzene rings is 1. The summed E-state index contributed by atoms with van der Waals surface area (Å²) in [4.78, 5) is 50.7. The second kappa shape index (κ2) is 13.6. The third kappa shape index (κ3) is 6.37. The van der Waals surface area contributed by atoms with Gasteiger partial charge in [-0.25, -0.2) is 4.98 Å². The van der Waals surface area contributed by atoms with Crippen LogP contribution in [0.25, 0.3) is 11.3 Å². The Morgan fingerprint density at radius 2 is 1.90 bits per heavy atom. The van der Waals surface area contributed by atoms with Crippen LogP contribution in [0.2, 0.25) is 0 Å². The molecule has 5 rings (SSSR count). The van der Waals surface area contributed by atoms with Crippen LogP contribution in [0.3, 0.4) is 0 Å². The molecule has 0 saturated carbocycles. The lowest BCUT2D eigenvalue weighted by Crippen LogP contribution is -2.54. The zero-order valence-corrected chi connectivity index (χ0v) is 25.6. The van der Waals surface area contributed by atoms with Crippen molar-refractivity contribution < 1.29 is 28.6 Å². The maximum absolute atomic E-state index is 13.7. The zero-order valence-electron chi connectivity index (χ0n) is 24.8. The topological polar surface area (TPSA) is 114 Å². The van der Waals surface area contributed by atoms with Crippen LogP contribution >= 0.6 is 11.3 Å². The third-order valence-electron chi connectivity index (χ3n) is 8.68. The minimum absolute atomic E-state index is 0.0301. The molecule has 3 aliphatic rings. The highest BCUT2D eigenvalue weighted by molar-refractivity contribution is 7.14. The van der Waals surface area contributed by atoms with Gasteiger partial charge in [0.25, 0.3) is 5.91 Å². The van der Waals surface area contributed by atoms with Gasteiger partial charge in [0.05, 0.1) is 18.8 Å². The number of hydrogen-bond acceptors (Lipinski definition) is 10. The monoisotopic (exact) mass is 599 g/mol. The van der Waals surface area contributed by atoms with Gasteiger partial charge < -0.3 is 29.3 Å². The minimum Gasteiger partial charge on any atom is -0.383 e. The molecule has 1 aromatic heterocycles. The Kier molecular flexibility index (Phi) is 9.89. The molecule has 3 aliphatic heterocycles. The van der Waals surface area contributed by atoms with E-state index in [4.69, 9.17) is 19.2 Å². The van der Waals surface area contributed by atoms with Crippen LogP contribution in [0, 0.1) is 5.92 Å². The van der Waals surface area contributed by atoms with Crippen LogP contribution in [-0.4, -0.2) is 123 Å². The van der Waals surface area contributed by atoms with E-state index >= 15 is 0 Å². The molecule has 5 atom stereocenters. The van der Waals surface area contributed by atoms with Crippen LogP contribution < -0.4 is 10.2 Å². The smallest absolute Gasteiger partial charge is 0.251 e. The predicted octanol–water partition coefficient (Wildman–Crippen LogP) is 1.92. The molecule has 0 aliphatic carbocycles. The molecule has 0 radical (unpaired) electrons. The Morgan fingerprint density at radius 1 is 1.17 bits per heavy atom. The molecular formula is C30H41N5O6S. The number of Topliss-reactive ketones (excluding diaryl/α,β-unsaturated/α-hetero) is 1. The van der Waals surface area contributed by atoms with Crippen LogP contribution in [-0.2, 0) is 23.8 Å². The summed E-state index contributed by atoms with van der Waals surface area (Å²) in [6, 6.07) is 5.85. The molecule has 2 amide bonds. The normalized spacial score (nSPS) is 24.1. The molecule has 1 aromatic carbocycles. The van der Waals surface area contributed by atoms with Gasteiger partial charge in [-0.3, -0.25) is 19.3 Å². The van der Waals surface area contributed by atoms with Gasteiger partial charge >= 0.3 is 0 Å². The van der Waals surface area contributed by atoms with E-state index in [0.717, 1.165) is 55.7 Å². The molecule has 11 nitrogen and oxygen atoms in total. The summed E-state index contributed by atoms with van der Waals surface area (Å²) in [7, 11) is 3.28. The predicted molar refractivity (Wildman–Crippen MR) is 160 cm³/mol. The fraction of sp³-hybridized carbons (Fsp3) is 0.600. The van der Waals surface area contributed by atoms with Crippen LogP contribution in [0.5, 0.6) is 0 Å². The molecule has 3 saturated heterocycles. The van der Waals surface area contributed by atoms with Crippen molar-refractivity contribution >= 4 is 34.1 Å². The van der Waals surface area contributed by atoms with E-state index in [2.05, 4.69) is 15.1 Å². The minimum atomic E-state index is -0.775. The van der Waals surface area contributed by atoms with Crippen molar-refractivity contribution in [3.05, 3.63) is 35.2 Å². The number of fused-ring (bicyclic) bond motifs is 1. The van der Waals surface area contributed by atoms with Crippen molar-refractivity contribution in [1.29, 1.82) is 0 Å². The van der Waals surface area contributed by atoms with E-state index in [9.17, 15) is 14.4 Å². The number of methoxy groups -OCH3 is 2. The zero-order chi connectivity index (χ0) is 29.8. The van der Waals surface area contributed by atoms with E-state index in [1.165, 1.54) is 4.90 Å². The van der Waals surface area contributed by atoms with Crippen molar-refractivity contribution in [3.63, 3.8) is 0 Å². The summed E-state index contributed by atoms with van der Waals surface area (Å²) in [5.74, 6) is -0.878. The molecule has 228 valence electrons. The van der Waals surface area contributed by atoms with E-state index in [1.54, 1.807) is 37.7 Å². The number of ketones is 1. The molecule has 0 unspecified atom stereocenters. The maximum atomic E-state index is 13.7. The van der Waals surface area contributed by atoms with Gasteiger partial charge in [0.2, 0.25) is 5.91 Å². The van der Waals surface area contributed by atoms with Gasteiger partial charge in [0.1, 0.15) is 30.9 Å². The molecule has 3 fully saturated rings. The molecule has 42 heavy (non-hydrogen) atoms. The molecule has 4 heterocycles. The Morgan fingerprint density at radius 3 is 2.57 bits per heavy atom. The molecule has 2 aromatic rings. The van der Waals surface area contributed by atoms with E-state index in [-0.39, 0.29) is 42.8 Å². The van der Waals surface area contributed by atoms with E-state index in [1.807, 2.05) is 31.4 Å². The first-order chi connectivity index (χ1) is 20.3. The average Bonchev–Trinajstić information content (AvgIpc) is 3.75. The van der Waals surface area contributed by atoms with Crippen LogP contribution in [0.4, 0.5) is 5.13 Å². The van der Waals surface area contributed by atoms with Gasteiger partial charge in [-0.1, -0.05) is 32.4 Å². The number of rotatable bonds is 11. The second-order valence-electron chi connectivity index (χ2n) is 11.2. The van der Waals surface area contributed by atoms with Crippen molar-refractivity contribution in [2.75, 3.05) is 71.6 Å². The van der Waals surface area contributed by atoms with Crippen molar-refractivity contribution in [2.24, 2.45) is 5.92 Å². The van der Waals surface area contributed by atoms with Crippen molar-refractivity contribution in [2.45, 2.75) is 44.6 Å². The molecule has 12 heteroatoms. The maximum Gasteiger partial charge on any atom is 0.251 e. The Bertz CT molecular complexity index is 1250.